The van der Waals surface area contributed by atoms with Crippen LogP contribution in [-0.2, 0) is 13.1 Å². The van der Waals surface area contributed by atoms with E-state index in [4.69, 9.17) is 10.2 Å². The lowest BCUT2D eigenvalue weighted by Crippen LogP contribution is -2.19. The van der Waals surface area contributed by atoms with Crippen molar-refractivity contribution in [3.63, 3.8) is 0 Å². The summed E-state index contributed by atoms with van der Waals surface area (Å²) in [4.78, 5) is 2.34. The predicted octanol–water partition coefficient (Wildman–Crippen LogP) is 2.67. The average Bonchev–Trinajstić information content (AvgIpc) is 2.60. The minimum Gasteiger partial charge on any atom is -0.465 e. The summed E-state index contributed by atoms with van der Waals surface area (Å²) in [5.41, 5.74) is 6.82. The molecule has 3 heteroatoms. The van der Waals surface area contributed by atoms with Gasteiger partial charge in [0.25, 0.3) is 0 Å². The van der Waals surface area contributed by atoms with Crippen molar-refractivity contribution in [2.75, 3.05) is 13.6 Å². The molecule has 1 aromatic rings. The summed E-state index contributed by atoms with van der Waals surface area (Å²) in [6.07, 6.45) is 3.85. The molecule has 0 radical (unpaired) electrons. The second-order valence-corrected chi connectivity index (χ2v) is 4.44. The van der Waals surface area contributed by atoms with Crippen LogP contribution in [0.1, 0.15) is 43.3 Å². The molecule has 0 spiro atoms. The van der Waals surface area contributed by atoms with Crippen LogP contribution in [0.5, 0.6) is 0 Å². The Labute approximate surface area is 98.6 Å². The maximum atomic E-state index is 5.55. The van der Waals surface area contributed by atoms with Crippen molar-refractivity contribution >= 4 is 0 Å². The van der Waals surface area contributed by atoms with E-state index in [1.54, 1.807) is 0 Å². The molecule has 0 atom stereocenters. The number of rotatable bonds is 7. The van der Waals surface area contributed by atoms with Gasteiger partial charge in [-0.05, 0) is 33.0 Å². The molecule has 0 saturated carbocycles. The van der Waals surface area contributed by atoms with E-state index in [0.29, 0.717) is 6.54 Å². The molecule has 1 heterocycles. The van der Waals surface area contributed by atoms with E-state index >= 15 is 0 Å². The Morgan fingerprint density at radius 1 is 1.38 bits per heavy atom. The van der Waals surface area contributed by atoms with E-state index in [1.807, 2.05) is 6.92 Å². The molecule has 0 aliphatic carbocycles. The van der Waals surface area contributed by atoms with Crippen molar-refractivity contribution < 1.29 is 4.42 Å². The summed E-state index contributed by atoms with van der Waals surface area (Å²) in [5.74, 6) is 1.89. The van der Waals surface area contributed by atoms with E-state index in [-0.39, 0.29) is 0 Å². The summed E-state index contributed by atoms with van der Waals surface area (Å²) in [6.45, 7) is 6.83. The van der Waals surface area contributed by atoms with Crippen LogP contribution in [0.4, 0.5) is 0 Å². The first-order valence-electron chi connectivity index (χ1n) is 6.14. The molecular formula is C13H24N2O. The molecule has 0 aliphatic heterocycles. The minimum atomic E-state index is 0.486. The topological polar surface area (TPSA) is 42.4 Å². The van der Waals surface area contributed by atoms with Gasteiger partial charge < -0.3 is 15.1 Å². The monoisotopic (exact) mass is 224 g/mol. The maximum Gasteiger partial charge on any atom is 0.118 e. The van der Waals surface area contributed by atoms with Gasteiger partial charge >= 0.3 is 0 Å². The van der Waals surface area contributed by atoms with Crippen LogP contribution in [0.3, 0.4) is 0 Å². The third-order valence-corrected chi connectivity index (χ3v) is 2.86. The summed E-state index contributed by atoms with van der Waals surface area (Å²) in [6, 6.07) is 2.08. The molecular weight excluding hydrogens is 200 g/mol. The molecule has 0 saturated heterocycles. The molecule has 92 valence electrons. The maximum absolute atomic E-state index is 5.55. The smallest absolute Gasteiger partial charge is 0.118 e. The first-order chi connectivity index (χ1) is 7.67. The first kappa shape index (κ1) is 13.3. The molecule has 0 bridgehead atoms. The van der Waals surface area contributed by atoms with E-state index in [2.05, 4.69) is 24.9 Å². The van der Waals surface area contributed by atoms with Crippen molar-refractivity contribution in [3.05, 3.63) is 23.2 Å². The molecule has 0 fully saturated rings. The van der Waals surface area contributed by atoms with Crippen LogP contribution in [0.15, 0.2) is 10.5 Å². The molecule has 0 aliphatic rings. The Bertz CT molecular complexity index is 307. The van der Waals surface area contributed by atoms with Gasteiger partial charge in [0, 0.05) is 12.1 Å². The SMILES string of the molecule is CCCCCN(C)Cc1cc(CN)oc1C. The Kier molecular flexibility index (Phi) is 5.56. The Balaban J connectivity index is 2.42. The fourth-order valence-electron chi connectivity index (χ4n) is 1.85. The van der Waals surface area contributed by atoms with Gasteiger partial charge in [0.1, 0.15) is 11.5 Å². The zero-order valence-corrected chi connectivity index (χ0v) is 10.8. The molecule has 16 heavy (non-hydrogen) atoms. The van der Waals surface area contributed by atoms with Gasteiger partial charge in [-0.1, -0.05) is 19.8 Å². The number of hydrogen-bond acceptors (Lipinski definition) is 3. The molecule has 1 aromatic heterocycles. The highest BCUT2D eigenvalue weighted by Crippen LogP contribution is 2.16. The fourth-order valence-corrected chi connectivity index (χ4v) is 1.85. The third kappa shape index (κ3) is 3.99. The Hall–Kier alpha value is -0.800. The average molecular weight is 224 g/mol. The number of nitrogens with two attached hydrogens (primary N) is 1. The van der Waals surface area contributed by atoms with Crippen LogP contribution >= 0.6 is 0 Å². The molecule has 3 nitrogen and oxygen atoms in total. The van der Waals surface area contributed by atoms with Crippen molar-refractivity contribution in [2.45, 2.75) is 46.2 Å². The van der Waals surface area contributed by atoms with Gasteiger partial charge in [0.2, 0.25) is 0 Å². The number of furan rings is 1. The zero-order valence-electron chi connectivity index (χ0n) is 10.8. The second kappa shape index (κ2) is 6.71. The van der Waals surface area contributed by atoms with Crippen molar-refractivity contribution in [3.8, 4) is 0 Å². The second-order valence-electron chi connectivity index (χ2n) is 4.44. The first-order valence-corrected chi connectivity index (χ1v) is 6.14. The van der Waals surface area contributed by atoms with Gasteiger partial charge in [0.15, 0.2) is 0 Å². The molecule has 0 amide bonds. The molecule has 1 rings (SSSR count). The number of nitrogens with zero attached hydrogens (tertiary/aromatic N) is 1. The summed E-state index contributed by atoms with van der Waals surface area (Å²) < 4.78 is 5.54. The lowest BCUT2D eigenvalue weighted by molar-refractivity contribution is 0.315. The quantitative estimate of drug-likeness (QED) is 0.724. The Morgan fingerprint density at radius 2 is 2.12 bits per heavy atom. The highest BCUT2D eigenvalue weighted by atomic mass is 16.3. The normalized spacial score (nSPS) is 11.3. The molecule has 0 aromatic carbocycles. The number of unbranched alkanes of at least 4 members (excludes halogenated alkanes) is 2. The van der Waals surface area contributed by atoms with Crippen molar-refractivity contribution in [1.82, 2.24) is 4.90 Å². The summed E-state index contributed by atoms with van der Waals surface area (Å²) in [5, 5.41) is 0. The van der Waals surface area contributed by atoms with Crippen LogP contribution < -0.4 is 5.73 Å². The van der Waals surface area contributed by atoms with E-state index in [1.165, 1.54) is 24.8 Å². The van der Waals surface area contributed by atoms with Gasteiger partial charge in [-0.3, -0.25) is 0 Å². The van der Waals surface area contributed by atoms with Gasteiger partial charge in [-0.2, -0.15) is 0 Å². The lowest BCUT2D eigenvalue weighted by atomic mass is 10.2. The van der Waals surface area contributed by atoms with Gasteiger partial charge in [-0.25, -0.2) is 0 Å². The third-order valence-electron chi connectivity index (χ3n) is 2.86. The summed E-state index contributed by atoms with van der Waals surface area (Å²) >= 11 is 0. The van der Waals surface area contributed by atoms with Gasteiger partial charge in [0.05, 0.1) is 6.54 Å². The van der Waals surface area contributed by atoms with Gasteiger partial charge in [-0.15, -0.1) is 0 Å². The predicted molar refractivity (Wildman–Crippen MR) is 67.2 cm³/mol. The van der Waals surface area contributed by atoms with Crippen LogP contribution in [0.25, 0.3) is 0 Å². The van der Waals surface area contributed by atoms with E-state index in [9.17, 15) is 0 Å². The largest absolute Gasteiger partial charge is 0.465 e. The zero-order chi connectivity index (χ0) is 12.0. The van der Waals surface area contributed by atoms with Crippen LogP contribution in [0.2, 0.25) is 0 Å². The lowest BCUT2D eigenvalue weighted by Gasteiger charge is -2.15. The number of hydrogen-bond donors (Lipinski definition) is 1. The minimum absolute atomic E-state index is 0.486. The van der Waals surface area contributed by atoms with E-state index in [0.717, 1.165) is 24.6 Å². The summed E-state index contributed by atoms with van der Waals surface area (Å²) in [7, 11) is 2.16. The number of aryl methyl sites for hydroxylation is 1. The van der Waals surface area contributed by atoms with Crippen LogP contribution in [0, 0.1) is 6.92 Å². The molecule has 2 N–H and O–H groups in total. The van der Waals surface area contributed by atoms with Crippen LogP contribution in [-0.4, -0.2) is 18.5 Å². The highest BCUT2D eigenvalue weighted by molar-refractivity contribution is 5.20. The molecule has 0 unspecified atom stereocenters. The Morgan fingerprint density at radius 3 is 2.69 bits per heavy atom. The van der Waals surface area contributed by atoms with E-state index < -0.39 is 0 Å². The van der Waals surface area contributed by atoms with Crippen molar-refractivity contribution in [2.24, 2.45) is 5.73 Å². The van der Waals surface area contributed by atoms with Crippen molar-refractivity contribution in [1.29, 1.82) is 0 Å². The fraction of sp³-hybridized carbons (Fsp3) is 0.692. The standard InChI is InChI=1S/C13H24N2O/c1-4-5-6-7-15(3)10-12-8-13(9-14)16-11(12)2/h8H,4-7,9-10,14H2,1-3H3. The highest BCUT2D eigenvalue weighted by Gasteiger charge is 2.08.